The third-order valence-corrected chi connectivity index (χ3v) is 2.46. The quantitative estimate of drug-likeness (QED) is 0.672. The largest absolute Gasteiger partial charge is 0.454 e. The highest BCUT2D eigenvalue weighted by Gasteiger charge is 2.17. The molecule has 1 aliphatic rings. The third kappa shape index (κ3) is 1.35. The van der Waals surface area contributed by atoms with E-state index < -0.39 is 0 Å². The summed E-state index contributed by atoms with van der Waals surface area (Å²) < 4.78 is 10.5. The lowest BCUT2D eigenvalue weighted by molar-refractivity contribution is -0.108. The van der Waals surface area contributed by atoms with Crippen LogP contribution in [0.1, 0.15) is 24.0 Å². The Bertz CT molecular complexity index is 371. The van der Waals surface area contributed by atoms with Crippen LogP contribution < -0.4 is 9.47 Å². The lowest BCUT2D eigenvalue weighted by atomic mass is 9.97. The Hall–Kier alpha value is -1.51. The molecule has 0 amide bonds. The van der Waals surface area contributed by atoms with Crippen molar-refractivity contribution >= 4 is 6.29 Å². The molecule has 3 nitrogen and oxygen atoms in total. The van der Waals surface area contributed by atoms with Gasteiger partial charge in [0.1, 0.15) is 6.29 Å². The van der Waals surface area contributed by atoms with Crippen LogP contribution >= 0.6 is 0 Å². The molecule has 0 spiro atoms. The van der Waals surface area contributed by atoms with Gasteiger partial charge in [-0.15, -0.1) is 0 Å². The summed E-state index contributed by atoms with van der Waals surface area (Å²) in [6, 6.07) is 3.80. The predicted molar refractivity (Wildman–Crippen MR) is 51.8 cm³/mol. The van der Waals surface area contributed by atoms with Crippen molar-refractivity contribution in [3.8, 4) is 11.5 Å². The van der Waals surface area contributed by atoms with E-state index in [-0.39, 0.29) is 12.7 Å². The maximum atomic E-state index is 10.7. The molecule has 0 radical (unpaired) electrons. The van der Waals surface area contributed by atoms with E-state index in [1.165, 1.54) is 0 Å². The molecule has 14 heavy (non-hydrogen) atoms. The maximum Gasteiger partial charge on any atom is 0.231 e. The van der Waals surface area contributed by atoms with Gasteiger partial charge in [-0.1, -0.05) is 6.92 Å². The number of benzene rings is 1. The van der Waals surface area contributed by atoms with E-state index in [1.807, 2.05) is 26.0 Å². The van der Waals surface area contributed by atoms with Crippen LogP contribution in [0, 0.1) is 6.92 Å². The van der Waals surface area contributed by atoms with Gasteiger partial charge in [0.25, 0.3) is 0 Å². The zero-order chi connectivity index (χ0) is 10.1. The number of carbonyl (C=O) groups is 1. The molecule has 1 aliphatic heterocycles. The predicted octanol–water partition coefficient (Wildman–Crippen LogP) is 2.03. The summed E-state index contributed by atoms with van der Waals surface area (Å²) in [6.45, 7) is 4.11. The number of hydrogen-bond donors (Lipinski definition) is 0. The first-order valence-corrected chi connectivity index (χ1v) is 4.58. The maximum absolute atomic E-state index is 10.7. The second-order valence-electron chi connectivity index (χ2n) is 3.49. The first-order chi connectivity index (χ1) is 6.72. The summed E-state index contributed by atoms with van der Waals surface area (Å²) in [5.41, 5.74) is 2.07. The van der Waals surface area contributed by atoms with Crippen molar-refractivity contribution in [3.63, 3.8) is 0 Å². The molecule has 0 saturated carbocycles. The Kier molecular flexibility index (Phi) is 2.15. The van der Waals surface area contributed by atoms with Crippen LogP contribution in [-0.4, -0.2) is 13.1 Å². The van der Waals surface area contributed by atoms with Crippen LogP contribution in [0.4, 0.5) is 0 Å². The minimum atomic E-state index is -0.0931. The van der Waals surface area contributed by atoms with Crippen LogP contribution in [0.25, 0.3) is 0 Å². The van der Waals surface area contributed by atoms with Crippen LogP contribution in [0.15, 0.2) is 12.1 Å². The van der Waals surface area contributed by atoms with Gasteiger partial charge in [0.15, 0.2) is 11.5 Å². The van der Waals surface area contributed by atoms with E-state index in [4.69, 9.17) is 9.47 Å². The third-order valence-electron chi connectivity index (χ3n) is 2.46. The highest BCUT2D eigenvalue weighted by atomic mass is 16.7. The lowest BCUT2D eigenvalue weighted by Crippen LogP contribution is -1.97. The minimum Gasteiger partial charge on any atom is -0.454 e. The average molecular weight is 192 g/mol. The van der Waals surface area contributed by atoms with Crippen LogP contribution in [0.2, 0.25) is 0 Å². The second kappa shape index (κ2) is 3.33. The van der Waals surface area contributed by atoms with Gasteiger partial charge >= 0.3 is 0 Å². The first kappa shape index (κ1) is 9.06. The van der Waals surface area contributed by atoms with E-state index in [1.54, 1.807) is 0 Å². The number of aldehydes is 1. The zero-order valence-electron chi connectivity index (χ0n) is 8.24. The second-order valence-corrected chi connectivity index (χ2v) is 3.49. The molecule has 0 fully saturated rings. The Balaban J connectivity index is 2.47. The van der Waals surface area contributed by atoms with Gasteiger partial charge < -0.3 is 14.3 Å². The summed E-state index contributed by atoms with van der Waals surface area (Å²) in [6.07, 6.45) is 0.935. The molecule has 2 rings (SSSR count). The molecule has 3 heteroatoms. The summed E-state index contributed by atoms with van der Waals surface area (Å²) in [7, 11) is 0. The van der Waals surface area contributed by atoms with Crippen molar-refractivity contribution in [1.82, 2.24) is 0 Å². The topological polar surface area (TPSA) is 35.5 Å². The van der Waals surface area contributed by atoms with Crippen molar-refractivity contribution in [3.05, 3.63) is 23.3 Å². The van der Waals surface area contributed by atoms with Crippen molar-refractivity contribution in [2.24, 2.45) is 0 Å². The lowest BCUT2D eigenvalue weighted by Gasteiger charge is -2.09. The Morgan fingerprint density at radius 2 is 2.00 bits per heavy atom. The van der Waals surface area contributed by atoms with Crippen molar-refractivity contribution in [2.45, 2.75) is 19.8 Å². The van der Waals surface area contributed by atoms with Crippen molar-refractivity contribution < 1.29 is 14.3 Å². The molecule has 0 N–H and O–H groups in total. The Morgan fingerprint density at radius 3 is 2.64 bits per heavy atom. The summed E-state index contributed by atoms with van der Waals surface area (Å²) >= 11 is 0. The van der Waals surface area contributed by atoms with Gasteiger partial charge in [0, 0.05) is 5.92 Å². The molecule has 1 aromatic rings. The van der Waals surface area contributed by atoms with Crippen molar-refractivity contribution in [1.29, 1.82) is 0 Å². The number of ether oxygens (including phenoxy) is 2. The highest BCUT2D eigenvalue weighted by molar-refractivity contribution is 5.64. The molecule has 0 saturated heterocycles. The van der Waals surface area contributed by atoms with Crippen molar-refractivity contribution in [2.75, 3.05) is 6.79 Å². The molecule has 74 valence electrons. The van der Waals surface area contributed by atoms with Crippen LogP contribution in [-0.2, 0) is 4.79 Å². The molecule has 1 atom stereocenters. The van der Waals surface area contributed by atoms with E-state index in [0.717, 1.165) is 28.9 Å². The molecule has 0 aliphatic carbocycles. The van der Waals surface area contributed by atoms with E-state index >= 15 is 0 Å². The molecular formula is C11H12O3. The van der Waals surface area contributed by atoms with Crippen LogP contribution in [0.5, 0.6) is 11.5 Å². The van der Waals surface area contributed by atoms with Crippen LogP contribution in [0.3, 0.4) is 0 Å². The number of aryl methyl sites for hydroxylation is 1. The SMILES string of the molecule is Cc1cc2c(cc1C(C)C=O)OCO2. The van der Waals surface area contributed by atoms with Gasteiger partial charge in [0.05, 0.1) is 0 Å². The van der Waals surface area contributed by atoms with E-state index in [0.29, 0.717) is 0 Å². The van der Waals surface area contributed by atoms with Gasteiger partial charge in [-0.05, 0) is 30.2 Å². The molecule has 1 heterocycles. The minimum absolute atomic E-state index is 0.0931. The number of rotatable bonds is 2. The molecule has 0 aromatic heterocycles. The van der Waals surface area contributed by atoms with Gasteiger partial charge in [-0.25, -0.2) is 0 Å². The molecule has 1 aromatic carbocycles. The Labute approximate surface area is 82.6 Å². The van der Waals surface area contributed by atoms with Gasteiger partial charge in [0.2, 0.25) is 6.79 Å². The molecular weight excluding hydrogens is 180 g/mol. The highest BCUT2D eigenvalue weighted by Crippen LogP contribution is 2.36. The Morgan fingerprint density at radius 1 is 1.36 bits per heavy atom. The zero-order valence-corrected chi connectivity index (χ0v) is 8.24. The monoisotopic (exact) mass is 192 g/mol. The van der Waals surface area contributed by atoms with Gasteiger partial charge in [-0.3, -0.25) is 0 Å². The fraction of sp³-hybridized carbons (Fsp3) is 0.364. The number of hydrogen-bond acceptors (Lipinski definition) is 3. The fourth-order valence-electron chi connectivity index (χ4n) is 1.62. The normalized spacial score (nSPS) is 15.3. The van der Waals surface area contributed by atoms with E-state index in [9.17, 15) is 4.79 Å². The summed E-state index contributed by atoms with van der Waals surface area (Å²) in [5, 5.41) is 0. The number of carbonyl (C=O) groups excluding carboxylic acids is 1. The van der Waals surface area contributed by atoms with E-state index in [2.05, 4.69) is 0 Å². The summed E-state index contributed by atoms with van der Waals surface area (Å²) in [5.74, 6) is 1.41. The molecule has 0 bridgehead atoms. The standard InChI is InChI=1S/C11H12O3/c1-7-3-10-11(14-6-13-10)4-9(7)8(2)5-12/h3-5,8H,6H2,1-2H3. The summed E-state index contributed by atoms with van der Waals surface area (Å²) in [4.78, 5) is 10.7. The fourth-order valence-corrected chi connectivity index (χ4v) is 1.62. The average Bonchev–Trinajstić information content (AvgIpc) is 2.62. The number of fused-ring (bicyclic) bond motifs is 1. The smallest absolute Gasteiger partial charge is 0.231 e. The molecule has 1 unspecified atom stereocenters. The first-order valence-electron chi connectivity index (χ1n) is 4.58. The van der Waals surface area contributed by atoms with Gasteiger partial charge in [-0.2, -0.15) is 0 Å².